The van der Waals surface area contributed by atoms with Crippen LogP contribution in [0.1, 0.15) is 37.7 Å². The minimum Gasteiger partial charge on any atom is -0.373 e. The number of carbonyl (C=O) groups is 1. The molecule has 1 aromatic carbocycles. The number of nitrogens with zero attached hydrogens (tertiary/aromatic N) is 2. The number of hydrogen-bond donors (Lipinski definition) is 2. The van der Waals surface area contributed by atoms with Crippen LogP contribution < -0.4 is 10.6 Å². The van der Waals surface area contributed by atoms with Crippen molar-refractivity contribution in [3.63, 3.8) is 0 Å². The number of ether oxygens (including phenoxy) is 1. The quantitative estimate of drug-likeness (QED) is 0.362. The van der Waals surface area contributed by atoms with E-state index in [4.69, 9.17) is 4.74 Å². The topological polar surface area (TPSA) is 66.0 Å². The summed E-state index contributed by atoms with van der Waals surface area (Å²) in [5, 5.41) is 6.63. The van der Waals surface area contributed by atoms with Gasteiger partial charge in [-0.05, 0) is 50.0 Å². The first-order chi connectivity index (χ1) is 13.7. The molecule has 0 radical (unpaired) electrons. The molecule has 3 unspecified atom stereocenters. The van der Waals surface area contributed by atoms with E-state index in [0.717, 1.165) is 45.2 Å². The number of halogens is 1. The summed E-state index contributed by atoms with van der Waals surface area (Å²) in [5.74, 6) is 1.53. The van der Waals surface area contributed by atoms with Crippen molar-refractivity contribution in [1.29, 1.82) is 0 Å². The highest BCUT2D eigenvalue weighted by Crippen LogP contribution is 2.34. The number of fused-ring (bicyclic) bond motifs is 2. The lowest BCUT2D eigenvalue weighted by Crippen LogP contribution is -2.50. The van der Waals surface area contributed by atoms with Crippen LogP contribution in [0.4, 0.5) is 0 Å². The molecule has 3 heterocycles. The smallest absolute Gasteiger partial charge is 0.241 e. The van der Waals surface area contributed by atoms with Gasteiger partial charge in [-0.25, -0.2) is 0 Å². The summed E-state index contributed by atoms with van der Waals surface area (Å²) in [6.45, 7) is 2.00. The average Bonchev–Trinajstić information content (AvgIpc) is 3.35. The molecule has 1 aromatic rings. The molecule has 4 rings (SSSR count). The molecule has 6 nitrogen and oxygen atoms in total. The van der Waals surface area contributed by atoms with Gasteiger partial charge in [0, 0.05) is 20.1 Å². The number of amides is 1. The van der Waals surface area contributed by atoms with E-state index in [1.165, 1.54) is 12.0 Å². The first-order valence-electron chi connectivity index (χ1n) is 10.7. The molecule has 3 aliphatic heterocycles. The predicted octanol–water partition coefficient (Wildman–Crippen LogP) is 2.57. The van der Waals surface area contributed by atoms with Crippen molar-refractivity contribution in [2.24, 2.45) is 10.9 Å². The third-order valence-corrected chi connectivity index (χ3v) is 6.39. The lowest BCUT2D eigenvalue weighted by Gasteiger charge is -2.32. The van der Waals surface area contributed by atoms with Crippen molar-refractivity contribution in [2.45, 2.75) is 56.8 Å². The average molecular weight is 512 g/mol. The largest absolute Gasteiger partial charge is 0.373 e. The molecule has 0 saturated carbocycles. The van der Waals surface area contributed by atoms with Crippen LogP contribution in [0.5, 0.6) is 0 Å². The van der Waals surface area contributed by atoms with Crippen LogP contribution in [0.2, 0.25) is 0 Å². The number of rotatable bonds is 5. The summed E-state index contributed by atoms with van der Waals surface area (Å²) in [6, 6.07) is 11.0. The lowest BCUT2D eigenvalue weighted by atomic mass is 9.90. The highest BCUT2D eigenvalue weighted by molar-refractivity contribution is 14.0. The maximum absolute atomic E-state index is 12.6. The fraction of sp³-hybridized carbons (Fsp3) is 0.636. The van der Waals surface area contributed by atoms with Gasteiger partial charge in [0.25, 0.3) is 0 Å². The van der Waals surface area contributed by atoms with Gasteiger partial charge in [-0.2, -0.15) is 0 Å². The first-order valence-corrected chi connectivity index (χ1v) is 10.7. The van der Waals surface area contributed by atoms with E-state index in [1.807, 2.05) is 4.90 Å². The Balaban J connectivity index is 0.00000240. The first kappa shape index (κ1) is 22.3. The van der Waals surface area contributed by atoms with Crippen LogP contribution in [0, 0.1) is 5.92 Å². The van der Waals surface area contributed by atoms with Crippen LogP contribution in [0.15, 0.2) is 35.3 Å². The highest BCUT2D eigenvalue weighted by Gasteiger charge is 2.41. The van der Waals surface area contributed by atoms with Crippen LogP contribution in [-0.2, 0) is 16.0 Å². The van der Waals surface area contributed by atoms with Crippen LogP contribution in [0.3, 0.4) is 0 Å². The lowest BCUT2D eigenvalue weighted by molar-refractivity contribution is -0.131. The molecule has 2 bridgehead atoms. The maximum atomic E-state index is 12.6. The number of likely N-dealkylation sites (tertiary alicyclic amines) is 1. The minimum absolute atomic E-state index is 0. The maximum Gasteiger partial charge on any atom is 0.241 e. The molecular weight excluding hydrogens is 479 g/mol. The summed E-state index contributed by atoms with van der Waals surface area (Å²) in [4.78, 5) is 18.9. The Hall–Kier alpha value is -1.35. The fourth-order valence-corrected chi connectivity index (χ4v) is 4.77. The zero-order valence-electron chi connectivity index (χ0n) is 17.2. The van der Waals surface area contributed by atoms with E-state index in [9.17, 15) is 4.79 Å². The monoisotopic (exact) mass is 512 g/mol. The molecule has 1 amide bonds. The van der Waals surface area contributed by atoms with Gasteiger partial charge in [-0.1, -0.05) is 30.3 Å². The van der Waals surface area contributed by atoms with Crippen LogP contribution in [0.25, 0.3) is 0 Å². The third kappa shape index (κ3) is 5.84. The molecule has 0 aromatic heterocycles. The Bertz CT molecular complexity index is 691. The Morgan fingerprint density at radius 1 is 1.17 bits per heavy atom. The number of benzene rings is 1. The summed E-state index contributed by atoms with van der Waals surface area (Å²) < 4.78 is 5.88. The summed E-state index contributed by atoms with van der Waals surface area (Å²) in [7, 11) is 1.75. The fourth-order valence-electron chi connectivity index (χ4n) is 4.77. The normalized spacial score (nSPS) is 26.9. The van der Waals surface area contributed by atoms with Crippen molar-refractivity contribution in [2.75, 3.05) is 26.7 Å². The summed E-state index contributed by atoms with van der Waals surface area (Å²) >= 11 is 0. The van der Waals surface area contributed by atoms with Crippen molar-refractivity contribution in [3.05, 3.63) is 35.9 Å². The summed E-state index contributed by atoms with van der Waals surface area (Å²) in [5.41, 5.74) is 1.40. The number of aliphatic imine (C=N–C) groups is 1. The van der Waals surface area contributed by atoms with E-state index in [-0.39, 0.29) is 29.9 Å². The van der Waals surface area contributed by atoms with Gasteiger partial charge in [-0.3, -0.25) is 9.79 Å². The number of guanidine groups is 1. The van der Waals surface area contributed by atoms with Crippen molar-refractivity contribution in [3.8, 4) is 0 Å². The van der Waals surface area contributed by atoms with Crippen LogP contribution in [-0.4, -0.2) is 61.7 Å². The van der Waals surface area contributed by atoms with Gasteiger partial charge >= 0.3 is 0 Å². The Morgan fingerprint density at radius 3 is 2.55 bits per heavy atom. The molecule has 3 atom stereocenters. The Morgan fingerprint density at radius 2 is 1.93 bits per heavy atom. The molecule has 3 aliphatic rings. The van der Waals surface area contributed by atoms with Gasteiger partial charge in [0.15, 0.2) is 5.96 Å². The van der Waals surface area contributed by atoms with E-state index in [2.05, 4.69) is 46.0 Å². The number of piperidine rings is 1. The molecule has 160 valence electrons. The Labute approximate surface area is 190 Å². The van der Waals surface area contributed by atoms with Crippen LogP contribution >= 0.6 is 24.0 Å². The van der Waals surface area contributed by atoms with Gasteiger partial charge in [0.2, 0.25) is 5.91 Å². The molecule has 0 spiro atoms. The standard InChI is InChI=1S/C22H32N4O2.HI/c1-23-22(25-19-14-18-7-8-20(19)28-18)24-15-21(27)26-11-9-17(10-12-26)13-16-5-3-2-4-6-16;/h2-6,17-20H,7-15H2,1H3,(H2,23,24,25);1H. The molecular formula is C22H33IN4O2. The van der Waals surface area contributed by atoms with E-state index >= 15 is 0 Å². The van der Waals surface area contributed by atoms with Gasteiger partial charge in [-0.15, -0.1) is 24.0 Å². The van der Waals surface area contributed by atoms with E-state index < -0.39 is 0 Å². The predicted molar refractivity (Wildman–Crippen MR) is 126 cm³/mol. The van der Waals surface area contributed by atoms with E-state index in [1.54, 1.807) is 7.05 Å². The zero-order valence-corrected chi connectivity index (χ0v) is 19.5. The molecule has 29 heavy (non-hydrogen) atoms. The van der Waals surface area contributed by atoms with Crippen molar-refractivity contribution in [1.82, 2.24) is 15.5 Å². The molecule has 3 fully saturated rings. The minimum atomic E-state index is 0. The van der Waals surface area contributed by atoms with Crippen molar-refractivity contribution < 1.29 is 9.53 Å². The Kier molecular flexibility index (Phi) is 8.17. The third-order valence-electron chi connectivity index (χ3n) is 6.39. The highest BCUT2D eigenvalue weighted by atomic mass is 127. The second-order valence-corrected chi connectivity index (χ2v) is 8.30. The number of hydrogen-bond acceptors (Lipinski definition) is 3. The SMILES string of the molecule is CN=C(NCC(=O)N1CCC(Cc2ccccc2)CC1)NC1CC2CCC1O2.I. The van der Waals surface area contributed by atoms with Crippen molar-refractivity contribution >= 4 is 35.8 Å². The number of carbonyl (C=O) groups excluding carboxylic acids is 1. The van der Waals surface area contributed by atoms with Gasteiger partial charge < -0.3 is 20.3 Å². The van der Waals surface area contributed by atoms with E-state index in [0.29, 0.717) is 36.7 Å². The molecule has 2 N–H and O–H groups in total. The second-order valence-electron chi connectivity index (χ2n) is 8.30. The second kappa shape index (κ2) is 10.6. The molecule has 0 aliphatic carbocycles. The molecule has 7 heteroatoms. The molecule has 3 saturated heterocycles. The zero-order chi connectivity index (χ0) is 19.3. The van der Waals surface area contributed by atoms with Gasteiger partial charge in [0.1, 0.15) is 0 Å². The van der Waals surface area contributed by atoms with Gasteiger partial charge in [0.05, 0.1) is 24.8 Å². The number of nitrogens with one attached hydrogen (secondary N) is 2. The summed E-state index contributed by atoms with van der Waals surface area (Å²) in [6.07, 6.45) is 7.30.